The van der Waals surface area contributed by atoms with Gasteiger partial charge in [0.1, 0.15) is 5.52 Å². The van der Waals surface area contributed by atoms with Crippen LogP contribution in [0.15, 0.2) is 48.9 Å². The maximum absolute atomic E-state index is 11.9. The van der Waals surface area contributed by atoms with E-state index in [9.17, 15) is 4.79 Å². The van der Waals surface area contributed by atoms with Gasteiger partial charge in [0, 0.05) is 42.3 Å². The first-order valence-corrected chi connectivity index (χ1v) is 10.0. The van der Waals surface area contributed by atoms with Crippen LogP contribution in [0.5, 0.6) is 5.88 Å². The second kappa shape index (κ2) is 8.78. The third-order valence-electron chi connectivity index (χ3n) is 4.39. The molecule has 9 heteroatoms. The molecule has 31 heavy (non-hydrogen) atoms. The predicted molar refractivity (Wildman–Crippen MR) is 119 cm³/mol. The van der Waals surface area contributed by atoms with E-state index in [0.717, 1.165) is 22.2 Å². The number of rotatable bonds is 6. The van der Waals surface area contributed by atoms with E-state index >= 15 is 0 Å². The summed E-state index contributed by atoms with van der Waals surface area (Å²) in [7, 11) is 0. The molecular weight excluding hydrogens is 394 g/mol. The summed E-state index contributed by atoms with van der Waals surface area (Å²) in [5.74, 6) is 1.45. The zero-order chi connectivity index (χ0) is 21.8. The molecule has 158 valence electrons. The minimum Gasteiger partial charge on any atom is -0.475 e. The summed E-state index contributed by atoms with van der Waals surface area (Å²) in [4.78, 5) is 32.8. The summed E-state index contributed by atoms with van der Waals surface area (Å²) in [5.41, 5.74) is 3.97. The Hall–Kier alpha value is -4.01. The number of amides is 2. The average Bonchev–Trinajstić information content (AvgIpc) is 3.16. The van der Waals surface area contributed by atoms with Crippen LogP contribution in [0, 0.1) is 0 Å². The van der Waals surface area contributed by atoms with Gasteiger partial charge in [-0.3, -0.25) is 5.32 Å². The fourth-order valence-corrected chi connectivity index (χ4v) is 3.13. The first kappa shape index (κ1) is 20.3. The molecule has 3 aromatic heterocycles. The van der Waals surface area contributed by atoms with Crippen LogP contribution >= 0.6 is 0 Å². The summed E-state index contributed by atoms with van der Waals surface area (Å²) in [6, 6.07) is 9.14. The van der Waals surface area contributed by atoms with Crippen molar-refractivity contribution in [3.05, 3.63) is 48.9 Å². The van der Waals surface area contributed by atoms with E-state index in [0.29, 0.717) is 29.7 Å². The summed E-state index contributed by atoms with van der Waals surface area (Å²) >= 11 is 0. The SMILES string of the molecule is CCNC(=O)Nc1nc2c(-c3ncccn3)cc(-c3ccc(OC(C)C)nc3)cc2[nH]1. The third kappa shape index (κ3) is 4.61. The lowest BCUT2D eigenvalue weighted by Gasteiger charge is -2.10. The second-order valence-electron chi connectivity index (χ2n) is 7.11. The number of ether oxygens (including phenoxy) is 1. The summed E-state index contributed by atoms with van der Waals surface area (Å²) in [6.07, 6.45) is 5.18. The number of benzene rings is 1. The van der Waals surface area contributed by atoms with Crippen LogP contribution in [0.2, 0.25) is 0 Å². The van der Waals surface area contributed by atoms with Crippen molar-refractivity contribution in [2.24, 2.45) is 0 Å². The Balaban J connectivity index is 1.78. The third-order valence-corrected chi connectivity index (χ3v) is 4.39. The standard InChI is InChI=1S/C22H23N7O2/c1-4-23-22(30)29-21-27-17-11-15(14-6-7-18(26-12-14)31-13(2)3)10-16(19(17)28-21)20-24-8-5-9-25-20/h5-13H,4H2,1-3H3,(H3,23,27,28,29,30). The predicted octanol–water partition coefficient (Wildman–Crippen LogP) is 4.01. The smallest absolute Gasteiger partial charge is 0.321 e. The Morgan fingerprint density at radius 2 is 1.94 bits per heavy atom. The first-order chi connectivity index (χ1) is 15.0. The van der Waals surface area contributed by atoms with E-state index in [1.54, 1.807) is 24.7 Å². The molecule has 3 heterocycles. The zero-order valence-electron chi connectivity index (χ0n) is 17.5. The number of aromatic nitrogens is 5. The molecule has 4 rings (SSSR count). The van der Waals surface area contributed by atoms with E-state index in [4.69, 9.17) is 4.74 Å². The van der Waals surface area contributed by atoms with Crippen LogP contribution in [-0.2, 0) is 0 Å². The van der Waals surface area contributed by atoms with Gasteiger partial charge in [-0.1, -0.05) is 0 Å². The number of aromatic amines is 1. The Morgan fingerprint density at radius 1 is 1.13 bits per heavy atom. The number of carbonyl (C=O) groups excluding carboxylic acids is 1. The van der Waals surface area contributed by atoms with Crippen LogP contribution in [0.3, 0.4) is 0 Å². The highest BCUT2D eigenvalue weighted by atomic mass is 16.5. The summed E-state index contributed by atoms with van der Waals surface area (Å²) in [5, 5.41) is 5.40. The Kier molecular flexibility index (Phi) is 5.74. The molecule has 3 N–H and O–H groups in total. The van der Waals surface area contributed by atoms with Gasteiger partial charge in [-0.25, -0.2) is 24.7 Å². The van der Waals surface area contributed by atoms with Gasteiger partial charge in [-0.2, -0.15) is 0 Å². The van der Waals surface area contributed by atoms with Gasteiger partial charge < -0.3 is 15.0 Å². The van der Waals surface area contributed by atoms with Gasteiger partial charge in [-0.15, -0.1) is 0 Å². The molecule has 0 aliphatic carbocycles. The number of pyridine rings is 1. The molecule has 2 amide bonds. The molecule has 4 aromatic rings. The van der Waals surface area contributed by atoms with E-state index in [1.165, 1.54) is 0 Å². The summed E-state index contributed by atoms with van der Waals surface area (Å²) in [6.45, 7) is 6.28. The normalized spacial score (nSPS) is 11.0. The number of anilines is 1. The minimum atomic E-state index is -0.329. The van der Waals surface area contributed by atoms with Gasteiger partial charge in [-0.05, 0) is 50.6 Å². The molecule has 0 spiro atoms. The molecule has 0 radical (unpaired) electrons. The van der Waals surface area contributed by atoms with E-state index in [2.05, 4.69) is 35.6 Å². The van der Waals surface area contributed by atoms with Crippen LogP contribution in [0.25, 0.3) is 33.5 Å². The van der Waals surface area contributed by atoms with Gasteiger partial charge in [0.25, 0.3) is 0 Å². The Bertz CT molecular complexity index is 1190. The molecule has 0 unspecified atom stereocenters. The highest BCUT2D eigenvalue weighted by Gasteiger charge is 2.15. The van der Waals surface area contributed by atoms with Crippen molar-refractivity contribution in [3.8, 4) is 28.4 Å². The maximum atomic E-state index is 11.9. The lowest BCUT2D eigenvalue weighted by molar-refractivity contribution is 0.232. The molecule has 0 aliphatic rings. The zero-order valence-corrected chi connectivity index (χ0v) is 17.5. The fourth-order valence-electron chi connectivity index (χ4n) is 3.13. The van der Waals surface area contributed by atoms with Crippen molar-refractivity contribution in [1.82, 2.24) is 30.2 Å². The number of carbonyl (C=O) groups is 1. The van der Waals surface area contributed by atoms with E-state index in [1.807, 2.05) is 45.0 Å². The highest BCUT2D eigenvalue weighted by Crippen LogP contribution is 2.32. The number of fused-ring (bicyclic) bond motifs is 1. The Morgan fingerprint density at radius 3 is 2.61 bits per heavy atom. The van der Waals surface area contributed by atoms with Gasteiger partial charge in [0.2, 0.25) is 11.8 Å². The van der Waals surface area contributed by atoms with Crippen molar-refractivity contribution < 1.29 is 9.53 Å². The van der Waals surface area contributed by atoms with E-state index in [-0.39, 0.29) is 12.1 Å². The maximum Gasteiger partial charge on any atom is 0.321 e. The number of nitrogens with one attached hydrogen (secondary N) is 3. The highest BCUT2D eigenvalue weighted by molar-refractivity contribution is 5.97. The van der Waals surface area contributed by atoms with E-state index < -0.39 is 0 Å². The summed E-state index contributed by atoms with van der Waals surface area (Å²) < 4.78 is 5.64. The molecule has 0 bridgehead atoms. The van der Waals surface area contributed by atoms with Gasteiger partial charge >= 0.3 is 6.03 Å². The van der Waals surface area contributed by atoms with Crippen LogP contribution in [0.4, 0.5) is 10.7 Å². The fraction of sp³-hybridized carbons (Fsp3) is 0.227. The van der Waals surface area contributed by atoms with Crippen molar-refractivity contribution in [1.29, 1.82) is 0 Å². The lowest BCUT2D eigenvalue weighted by atomic mass is 10.0. The number of hydrogen-bond donors (Lipinski definition) is 3. The molecule has 0 saturated carbocycles. The number of nitrogens with zero attached hydrogens (tertiary/aromatic N) is 4. The molecule has 0 saturated heterocycles. The van der Waals surface area contributed by atoms with Crippen molar-refractivity contribution in [2.45, 2.75) is 26.9 Å². The lowest BCUT2D eigenvalue weighted by Crippen LogP contribution is -2.28. The van der Waals surface area contributed by atoms with Crippen LogP contribution < -0.4 is 15.4 Å². The van der Waals surface area contributed by atoms with Crippen LogP contribution in [-0.4, -0.2) is 43.6 Å². The molecule has 0 atom stereocenters. The molecular formula is C22H23N7O2. The quantitative estimate of drug-likeness (QED) is 0.436. The minimum absolute atomic E-state index is 0.0531. The molecule has 0 fully saturated rings. The molecule has 9 nitrogen and oxygen atoms in total. The van der Waals surface area contributed by atoms with Crippen LogP contribution in [0.1, 0.15) is 20.8 Å². The number of H-pyrrole nitrogens is 1. The van der Waals surface area contributed by atoms with Crippen molar-refractivity contribution in [2.75, 3.05) is 11.9 Å². The largest absolute Gasteiger partial charge is 0.475 e. The number of hydrogen-bond acceptors (Lipinski definition) is 6. The van der Waals surface area contributed by atoms with Gasteiger partial charge in [0.05, 0.1) is 11.6 Å². The average molecular weight is 417 g/mol. The monoisotopic (exact) mass is 417 g/mol. The van der Waals surface area contributed by atoms with Crippen molar-refractivity contribution in [3.63, 3.8) is 0 Å². The molecule has 1 aromatic carbocycles. The Labute approximate surface area is 179 Å². The number of urea groups is 1. The second-order valence-corrected chi connectivity index (χ2v) is 7.11. The topological polar surface area (TPSA) is 118 Å². The van der Waals surface area contributed by atoms with Crippen molar-refractivity contribution >= 4 is 23.0 Å². The molecule has 0 aliphatic heterocycles. The first-order valence-electron chi connectivity index (χ1n) is 10.0. The number of imidazole rings is 1. The van der Waals surface area contributed by atoms with Gasteiger partial charge in [0.15, 0.2) is 5.82 Å².